The van der Waals surface area contributed by atoms with Gasteiger partial charge >= 0.3 is 0 Å². The smallest absolute Gasteiger partial charge is 0.123 e. The first kappa shape index (κ1) is 21.4. The molecule has 4 rings (SSSR count). The first-order valence-corrected chi connectivity index (χ1v) is 10.8. The average Bonchev–Trinajstić information content (AvgIpc) is 2.80. The highest BCUT2D eigenvalue weighted by Gasteiger charge is 2.33. The quantitative estimate of drug-likeness (QED) is 0.548. The number of rotatable bonds is 6. The normalized spacial score (nSPS) is 16.1. The first-order chi connectivity index (χ1) is 15.0. The van der Waals surface area contributed by atoms with Crippen LogP contribution in [0.3, 0.4) is 0 Å². The van der Waals surface area contributed by atoms with Crippen molar-refractivity contribution in [3.05, 3.63) is 113 Å². The largest absolute Gasteiger partial charge is 0.385 e. The van der Waals surface area contributed by atoms with Crippen molar-refractivity contribution in [2.75, 3.05) is 19.6 Å². The molecule has 1 N–H and O–H groups in total. The van der Waals surface area contributed by atoms with Crippen LogP contribution in [-0.2, 0) is 5.60 Å². The van der Waals surface area contributed by atoms with Gasteiger partial charge in [0.1, 0.15) is 11.6 Å². The van der Waals surface area contributed by atoms with Crippen molar-refractivity contribution < 1.29 is 13.9 Å². The van der Waals surface area contributed by atoms with Gasteiger partial charge in [-0.2, -0.15) is 0 Å². The zero-order valence-electron chi connectivity index (χ0n) is 17.5. The van der Waals surface area contributed by atoms with E-state index >= 15 is 0 Å². The number of piperidine rings is 1. The molecule has 1 fully saturated rings. The van der Waals surface area contributed by atoms with Crippen molar-refractivity contribution >= 4 is 5.57 Å². The van der Waals surface area contributed by atoms with E-state index in [1.807, 2.05) is 30.3 Å². The van der Waals surface area contributed by atoms with Crippen LogP contribution < -0.4 is 0 Å². The molecule has 4 heteroatoms. The van der Waals surface area contributed by atoms with Crippen LogP contribution in [0.5, 0.6) is 0 Å². The van der Waals surface area contributed by atoms with Gasteiger partial charge in [0, 0.05) is 19.6 Å². The van der Waals surface area contributed by atoms with Gasteiger partial charge < -0.3 is 10.0 Å². The van der Waals surface area contributed by atoms with Crippen LogP contribution in [0.25, 0.3) is 5.57 Å². The topological polar surface area (TPSA) is 23.5 Å². The lowest BCUT2D eigenvalue weighted by atomic mass is 9.84. The Balaban J connectivity index is 1.43. The molecule has 3 aromatic carbocycles. The molecule has 1 aliphatic heterocycles. The molecule has 2 nitrogen and oxygen atoms in total. The molecule has 160 valence electrons. The summed E-state index contributed by atoms with van der Waals surface area (Å²) < 4.78 is 26.8. The fraction of sp³-hybridized carbons (Fsp3) is 0.259. The van der Waals surface area contributed by atoms with Crippen molar-refractivity contribution in [1.29, 1.82) is 0 Å². The number of aliphatic hydroxyl groups is 1. The van der Waals surface area contributed by atoms with E-state index in [-0.39, 0.29) is 11.6 Å². The maximum atomic E-state index is 13.4. The molecule has 1 aliphatic rings. The van der Waals surface area contributed by atoms with Crippen molar-refractivity contribution in [2.45, 2.75) is 24.9 Å². The van der Waals surface area contributed by atoms with Gasteiger partial charge in [0.25, 0.3) is 0 Å². The molecule has 0 unspecified atom stereocenters. The number of nitrogens with zero attached hydrogens (tertiary/aromatic N) is 1. The molecule has 0 atom stereocenters. The van der Waals surface area contributed by atoms with Crippen LogP contribution in [0.4, 0.5) is 8.78 Å². The third-order valence-electron chi connectivity index (χ3n) is 6.10. The Kier molecular flexibility index (Phi) is 6.59. The Morgan fingerprint density at radius 3 is 1.84 bits per heavy atom. The summed E-state index contributed by atoms with van der Waals surface area (Å²) in [6.07, 6.45) is 4.37. The van der Waals surface area contributed by atoms with Crippen LogP contribution in [0.2, 0.25) is 0 Å². The summed E-state index contributed by atoms with van der Waals surface area (Å²) in [6.45, 7) is 2.54. The molecule has 0 bridgehead atoms. The highest BCUT2D eigenvalue weighted by Crippen LogP contribution is 2.33. The molecule has 0 saturated carbocycles. The summed E-state index contributed by atoms with van der Waals surface area (Å²) in [4.78, 5) is 2.36. The predicted octanol–water partition coefficient (Wildman–Crippen LogP) is 5.77. The molecule has 3 aromatic rings. The number of halogens is 2. The summed E-state index contributed by atoms with van der Waals surface area (Å²) in [5.74, 6) is -0.553. The number of likely N-dealkylation sites (tertiary alicyclic amines) is 1. The van der Waals surface area contributed by atoms with E-state index in [1.165, 1.54) is 24.3 Å². The van der Waals surface area contributed by atoms with Gasteiger partial charge in [0.15, 0.2) is 0 Å². The molecule has 0 spiro atoms. The third kappa shape index (κ3) is 5.27. The summed E-state index contributed by atoms with van der Waals surface area (Å²) in [5, 5.41) is 11.0. The molecule has 0 radical (unpaired) electrons. The Morgan fingerprint density at radius 1 is 0.806 bits per heavy atom. The third-order valence-corrected chi connectivity index (χ3v) is 6.10. The summed E-state index contributed by atoms with van der Waals surface area (Å²) >= 11 is 0. The van der Waals surface area contributed by atoms with E-state index in [0.29, 0.717) is 12.8 Å². The minimum atomic E-state index is -0.749. The van der Waals surface area contributed by atoms with E-state index in [4.69, 9.17) is 0 Å². The van der Waals surface area contributed by atoms with Crippen LogP contribution in [0, 0.1) is 11.6 Å². The monoisotopic (exact) mass is 419 g/mol. The lowest BCUT2D eigenvalue weighted by Gasteiger charge is -2.38. The van der Waals surface area contributed by atoms with E-state index in [1.54, 1.807) is 24.3 Å². The van der Waals surface area contributed by atoms with Gasteiger partial charge in [0.05, 0.1) is 5.60 Å². The van der Waals surface area contributed by atoms with Crippen molar-refractivity contribution in [3.63, 3.8) is 0 Å². The molecule has 0 aliphatic carbocycles. The maximum absolute atomic E-state index is 13.4. The zero-order valence-corrected chi connectivity index (χ0v) is 17.5. The zero-order chi connectivity index (χ0) is 21.7. The van der Waals surface area contributed by atoms with Gasteiger partial charge in [0.2, 0.25) is 0 Å². The Morgan fingerprint density at radius 2 is 1.32 bits per heavy atom. The number of hydrogen-bond donors (Lipinski definition) is 1. The maximum Gasteiger partial charge on any atom is 0.123 e. The molecule has 0 aromatic heterocycles. The summed E-state index contributed by atoms with van der Waals surface area (Å²) in [7, 11) is 0. The van der Waals surface area contributed by atoms with Gasteiger partial charge in [-0.25, -0.2) is 8.78 Å². The molecule has 31 heavy (non-hydrogen) atoms. The van der Waals surface area contributed by atoms with Crippen molar-refractivity contribution in [2.24, 2.45) is 0 Å². The summed E-state index contributed by atoms with van der Waals surface area (Å²) in [5.41, 5.74) is 3.03. The summed E-state index contributed by atoms with van der Waals surface area (Å²) in [6, 6.07) is 22.7. The lowest BCUT2D eigenvalue weighted by Crippen LogP contribution is -2.42. The average molecular weight is 420 g/mol. The fourth-order valence-electron chi connectivity index (χ4n) is 4.24. The second-order valence-electron chi connectivity index (χ2n) is 8.16. The van der Waals surface area contributed by atoms with Crippen LogP contribution in [0.1, 0.15) is 36.0 Å². The van der Waals surface area contributed by atoms with E-state index < -0.39 is 5.60 Å². The van der Waals surface area contributed by atoms with E-state index in [9.17, 15) is 13.9 Å². The second kappa shape index (κ2) is 9.54. The number of benzene rings is 3. The van der Waals surface area contributed by atoms with Gasteiger partial charge in [-0.15, -0.1) is 0 Å². The van der Waals surface area contributed by atoms with Gasteiger partial charge in [-0.05, 0) is 65.8 Å². The Labute approximate surface area is 182 Å². The lowest BCUT2D eigenvalue weighted by molar-refractivity contribution is -0.0254. The number of hydrogen-bond acceptors (Lipinski definition) is 2. The first-order valence-electron chi connectivity index (χ1n) is 10.8. The second-order valence-corrected chi connectivity index (χ2v) is 8.16. The predicted molar refractivity (Wildman–Crippen MR) is 121 cm³/mol. The molecule has 1 heterocycles. The van der Waals surface area contributed by atoms with Crippen LogP contribution in [-0.4, -0.2) is 29.6 Å². The van der Waals surface area contributed by atoms with Gasteiger partial charge in [-0.3, -0.25) is 0 Å². The van der Waals surface area contributed by atoms with Crippen molar-refractivity contribution in [1.82, 2.24) is 4.90 Å². The SMILES string of the molecule is OC1(c2ccccc2)CCN(CCC=C(c2ccc(F)cc2)c2ccc(F)cc2)CC1. The van der Waals surface area contributed by atoms with Crippen LogP contribution in [0.15, 0.2) is 84.9 Å². The van der Waals surface area contributed by atoms with Gasteiger partial charge in [-0.1, -0.05) is 60.7 Å². The Hall–Kier alpha value is -2.82. The minimum Gasteiger partial charge on any atom is -0.385 e. The molecular formula is C27H27F2NO. The highest BCUT2D eigenvalue weighted by molar-refractivity contribution is 5.79. The molecular weight excluding hydrogens is 392 g/mol. The highest BCUT2D eigenvalue weighted by atomic mass is 19.1. The molecule has 0 amide bonds. The van der Waals surface area contributed by atoms with E-state index in [0.717, 1.165) is 48.3 Å². The molecule has 1 saturated heterocycles. The minimum absolute atomic E-state index is 0.276. The van der Waals surface area contributed by atoms with Crippen LogP contribution >= 0.6 is 0 Å². The standard InChI is InChI=1S/C27H27F2NO/c28-24-12-8-21(9-13-24)26(22-10-14-25(29)15-11-22)7-4-18-30-19-16-27(31,17-20-30)23-5-2-1-3-6-23/h1-3,5-15,31H,4,16-20H2. The Bertz CT molecular complexity index is 958. The van der Waals surface area contributed by atoms with E-state index in [2.05, 4.69) is 11.0 Å². The van der Waals surface area contributed by atoms with Crippen molar-refractivity contribution in [3.8, 4) is 0 Å². The fourth-order valence-corrected chi connectivity index (χ4v) is 4.24.